The maximum atomic E-state index is 12.0. The minimum Gasteiger partial charge on any atom is -0.396 e. The lowest BCUT2D eigenvalue weighted by Gasteiger charge is -2.21. The van der Waals surface area contributed by atoms with Crippen LogP contribution in [0.3, 0.4) is 0 Å². The van der Waals surface area contributed by atoms with E-state index in [1.165, 1.54) is 6.07 Å². The lowest BCUT2D eigenvalue weighted by molar-refractivity contribution is 0.0916. The van der Waals surface area contributed by atoms with Crippen LogP contribution in [0.25, 0.3) is 0 Å². The number of aromatic amines is 1. The number of aliphatic hydroxyl groups excluding tert-OH is 1. The van der Waals surface area contributed by atoms with Gasteiger partial charge in [-0.1, -0.05) is 13.8 Å². The van der Waals surface area contributed by atoms with Crippen LogP contribution in [-0.4, -0.2) is 28.6 Å². The monoisotopic (exact) mass is 252 g/mol. The summed E-state index contributed by atoms with van der Waals surface area (Å²) in [6.45, 7) is 5.71. The number of rotatable bonds is 5. The molecule has 0 fully saturated rings. The molecule has 1 heterocycles. The van der Waals surface area contributed by atoms with Crippen LogP contribution in [0.1, 0.15) is 36.3 Å². The second kappa shape index (κ2) is 6.35. The molecule has 18 heavy (non-hydrogen) atoms. The predicted octanol–water partition coefficient (Wildman–Crippen LogP) is 0.820. The molecule has 5 nitrogen and oxygen atoms in total. The second-order valence-corrected chi connectivity index (χ2v) is 4.75. The molecule has 0 saturated carbocycles. The van der Waals surface area contributed by atoms with Gasteiger partial charge in [0.15, 0.2) is 0 Å². The fourth-order valence-corrected chi connectivity index (χ4v) is 1.78. The summed E-state index contributed by atoms with van der Waals surface area (Å²) in [6.07, 6.45) is 0.506. The number of hydrogen-bond donors (Lipinski definition) is 3. The number of aromatic nitrogens is 1. The third-order valence-electron chi connectivity index (χ3n) is 2.80. The highest BCUT2D eigenvalue weighted by atomic mass is 16.3. The van der Waals surface area contributed by atoms with Gasteiger partial charge in [0.05, 0.1) is 0 Å². The molecule has 1 rings (SSSR count). The van der Waals surface area contributed by atoms with E-state index in [1.807, 2.05) is 13.8 Å². The fourth-order valence-electron chi connectivity index (χ4n) is 1.78. The molecule has 0 bridgehead atoms. The summed E-state index contributed by atoms with van der Waals surface area (Å²) in [5.41, 5.74) is 0.708. The van der Waals surface area contributed by atoms with E-state index < -0.39 is 0 Å². The van der Waals surface area contributed by atoms with Gasteiger partial charge in [-0.2, -0.15) is 0 Å². The Morgan fingerprint density at radius 3 is 2.61 bits per heavy atom. The number of hydrogen-bond acceptors (Lipinski definition) is 3. The van der Waals surface area contributed by atoms with Gasteiger partial charge in [-0.25, -0.2) is 0 Å². The molecule has 1 atom stereocenters. The summed E-state index contributed by atoms with van der Waals surface area (Å²) in [4.78, 5) is 25.9. The van der Waals surface area contributed by atoms with Crippen molar-refractivity contribution in [3.63, 3.8) is 0 Å². The first-order valence-corrected chi connectivity index (χ1v) is 6.06. The maximum absolute atomic E-state index is 12.0. The van der Waals surface area contributed by atoms with E-state index in [4.69, 9.17) is 5.11 Å². The Kier molecular flexibility index (Phi) is 5.09. The lowest BCUT2D eigenvalue weighted by atomic mass is 10.0. The minimum absolute atomic E-state index is 0.0253. The van der Waals surface area contributed by atoms with Crippen molar-refractivity contribution in [1.82, 2.24) is 10.3 Å². The number of carbonyl (C=O) groups is 1. The van der Waals surface area contributed by atoms with E-state index >= 15 is 0 Å². The van der Waals surface area contributed by atoms with Gasteiger partial charge in [0, 0.05) is 30.0 Å². The summed E-state index contributed by atoms with van der Waals surface area (Å²) < 4.78 is 0. The molecule has 0 aliphatic rings. The smallest absolute Gasteiger partial charge is 0.251 e. The standard InChI is InChI=1S/C13H20N2O3/c1-8(2)11(4-5-16)15-13(18)10-6-9(3)14-12(17)7-10/h6-8,11,16H,4-5H2,1-3H3,(H,14,17)(H,15,18). The van der Waals surface area contributed by atoms with Gasteiger partial charge in [-0.3, -0.25) is 9.59 Å². The first kappa shape index (κ1) is 14.4. The summed E-state index contributed by atoms with van der Waals surface area (Å²) in [5, 5.41) is 11.8. The Morgan fingerprint density at radius 1 is 1.44 bits per heavy atom. The van der Waals surface area contributed by atoms with E-state index in [0.29, 0.717) is 17.7 Å². The number of amides is 1. The summed E-state index contributed by atoms with van der Waals surface area (Å²) in [5.74, 6) is -0.0551. The van der Waals surface area contributed by atoms with Crippen LogP contribution in [0, 0.1) is 12.8 Å². The Hall–Kier alpha value is -1.62. The van der Waals surface area contributed by atoms with Crippen LogP contribution in [0.5, 0.6) is 0 Å². The Bertz CT molecular complexity index is 466. The van der Waals surface area contributed by atoms with E-state index in [-0.39, 0.29) is 30.0 Å². The Morgan fingerprint density at radius 2 is 2.11 bits per heavy atom. The van der Waals surface area contributed by atoms with Crippen LogP contribution in [0.15, 0.2) is 16.9 Å². The van der Waals surface area contributed by atoms with Crippen molar-refractivity contribution in [3.8, 4) is 0 Å². The third kappa shape index (κ3) is 4.00. The molecule has 0 spiro atoms. The molecular weight excluding hydrogens is 232 g/mol. The van der Waals surface area contributed by atoms with Gasteiger partial charge in [0.25, 0.3) is 5.91 Å². The molecule has 1 unspecified atom stereocenters. The topological polar surface area (TPSA) is 82.2 Å². The predicted molar refractivity (Wildman–Crippen MR) is 69.6 cm³/mol. The highest BCUT2D eigenvalue weighted by Gasteiger charge is 2.17. The van der Waals surface area contributed by atoms with Gasteiger partial charge in [-0.15, -0.1) is 0 Å². The number of pyridine rings is 1. The number of aryl methyl sites for hydroxylation is 1. The number of carbonyl (C=O) groups excluding carboxylic acids is 1. The lowest BCUT2D eigenvalue weighted by Crippen LogP contribution is -2.39. The van der Waals surface area contributed by atoms with Crippen LogP contribution < -0.4 is 10.9 Å². The van der Waals surface area contributed by atoms with Gasteiger partial charge < -0.3 is 15.4 Å². The van der Waals surface area contributed by atoms with Crippen molar-refractivity contribution in [2.24, 2.45) is 5.92 Å². The molecule has 100 valence electrons. The minimum atomic E-state index is -0.289. The first-order valence-electron chi connectivity index (χ1n) is 6.06. The molecule has 0 aromatic carbocycles. The molecule has 1 aromatic rings. The molecule has 0 aliphatic carbocycles. The van der Waals surface area contributed by atoms with E-state index in [0.717, 1.165) is 0 Å². The molecule has 5 heteroatoms. The molecule has 0 saturated heterocycles. The van der Waals surface area contributed by atoms with E-state index in [1.54, 1.807) is 13.0 Å². The van der Waals surface area contributed by atoms with Crippen molar-refractivity contribution in [1.29, 1.82) is 0 Å². The van der Waals surface area contributed by atoms with Crippen molar-refractivity contribution >= 4 is 5.91 Å². The third-order valence-corrected chi connectivity index (χ3v) is 2.80. The number of H-pyrrole nitrogens is 1. The zero-order valence-electron chi connectivity index (χ0n) is 11.0. The fraction of sp³-hybridized carbons (Fsp3) is 0.538. The SMILES string of the molecule is Cc1cc(C(=O)NC(CCO)C(C)C)cc(=O)[nH]1. The largest absolute Gasteiger partial charge is 0.396 e. The van der Waals surface area contributed by atoms with Gasteiger partial charge in [-0.05, 0) is 25.3 Å². The van der Waals surface area contributed by atoms with Crippen molar-refractivity contribution in [2.45, 2.75) is 33.2 Å². The highest BCUT2D eigenvalue weighted by molar-refractivity contribution is 5.94. The van der Waals surface area contributed by atoms with Gasteiger partial charge in [0.1, 0.15) is 0 Å². The molecule has 0 aliphatic heterocycles. The zero-order valence-corrected chi connectivity index (χ0v) is 11.0. The Labute approximate surface area is 106 Å². The van der Waals surface area contributed by atoms with Crippen LogP contribution in [0.2, 0.25) is 0 Å². The molecule has 0 radical (unpaired) electrons. The average Bonchev–Trinajstić information content (AvgIpc) is 2.26. The maximum Gasteiger partial charge on any atom is 0.251 e. The first-order chi connectivity index (χ1) is 8.43. The molecule has 3 N–H and O–H groups in total. The quantitative estimate of drug-likeness (QED) is 0.725. The van der Waals surface area contributed by atoms with E-state index in [9.17, 15) is 9.59 Å². The zero-order chi connectivity index (χ0) is 13.7. The average molecular weight is 252 g/mol. The van der Waals surface area contributed by atoms with E-state index in [2.05, 4.69) is 10.3 Å². The van der Waals surface area contributed by atoms with Crippen molar-refractivity contribution in [2.75, 3.05) is 6.61 Å². The Balaban J connectivity index is 2.83. The van der Waals surface area contributed by atoms with Crippen LogP contribution in [0.4, 0.5) is 0 Å². The van der Waals surface area contributed by atoms with Gasteiger partial charge in [0.2, 0.25) is 5.56 Å². The highest BCUT2D eigenvalue weighted by Crippen LogP contribution is 2.07. The number of nitrogens with one attached hydrogen (secondary N) is 2. The van der Waals surface area contributed by atoms with Crippen molar-refractivity contribution in [3.05, 3.63) is 33.7 Å². The molecular formula is C13H20N2O3. The summed E-state index contributed by atoms with van der Waals surface area (Å²) >= 11 is 0. The van der Waals surface area contributed by atoms with Gasteiger partial charge >= 0.3 is 0 Å². The number of aliphatic hydroxyl groups is 1. The summed E-state index contributed by atoms with van der Waals surface area (Å²) in [6, 6.07) is 2.81. The van der Waals surface area contributed by atoms with Crippen LogP contribution in [-0.2, 0) is 0 Å². The summed E-state index contributed by atoms with van der Waals surface area (Å²) in [7, 11) is 0. The molecule has 1 aromatic heterocycles. The normalized spacial score (nSPS) is 12.5. The van der Waals surface area contributed by atoms with Crippen LogP contribution >= 0.6 is 0 Å². The van der Waals surface area contributed by atoms with Crippen molar-refractivity contribution < 1.29 is 9.90 Å². The second-order valence-electron chi connectivity index (χ2n) is 4.75. The molecule has 1 amide bonds.